The van der Waals surface area contributed by atoms with Gasteiger partial charge in [-0.15, -0.1) is 0 Å². The molecule has 0 radical (unpaired) electrons. The third-order valence-electron chi connectivity index (χ3n) is 5.73. The summed E-state index contributed by atoms with van der Waals surface area (Å²) >= 11 is 0. The van der Waals surface area contributed by atoms with Crippen molar-refractivity contribution in [3.05, 3.63) is 95.2 Å². The Morgan fingerprint density at radius 3 is 2.09 bits per heavy atom. The van der Waals surface area contributed by atoms with Crippen LogP contribution in [0.5, 0.6) is 5.75 Å². The van der Waals surface area contributed by atoms with Crippen molar-refractivity contribution >= 4 is 28.8 Å². The summed E-state index contributed by atoms with van der Waals surface area (Å²) in [6.07, 6.45) is 0.929. The number of nitrogens with zero attached hydrogens (tertiary/aromatic N) is 1. The van der Waals surface area contributed by atoms with Crippen molar-refractivity contribution in [2.45, 2.75) is 34.1 Å². The third-order valence-corrected chi connectivity index (χ3v) is 5.73. The van der Waals surface area contributed by atoms with E-state index in [2.05, 4.69) is 26.1 Å². The number of anilines is 2. The zero-order chi connectivity index (χ0) is 24.2. The fourth-order valence-corrected chi connectivity index (χ4v) is 3.79. The summed E-state index contributed by atoms with van der Waals surface area (Å²) in [6, 6.07) is 22.6. The van der Waals surface area contributed by atoms with E-state index in [4.69, 9.17) is 4.74 Å². The standard InChI is InChI=1S/C29H30N2O3/c1-5-21-8-12-23(13-9-21)30-27-26(22-10-16-25(17-11-22)34-18-19(2)3)28(32)31(29(27)33)24-14-6-20(4)7-15-24/h6-17,19,30H,5,18H2,1-4H3. The molecule has 3 aromatic carbocycles. The van der Waals surface area contributed by atoms with Crippen LogP contribution in [0.2, 0.25) is 0 Å². The smallest absolute Gasteiger partial charge is 0.282 e. The predicted molar refractivity (Wildman–Crippen MR) is 137 cm³/mol. The number of ether oxygens (including phenoxy) is 1. The summed E-state index contributed by atoms with van der Waals surface area (Å²) in [5, 5.41) is 3.22. The minimum absolute atomic E-state index is 0.269. The van der Waals surface area contributed by atoms with Gasteiger partial charge in [-0.1, -0.05) is 62.7 Å². The normalized spacial score (nSPS) is 13.7. The maximum atomic E-state index is 13.6. The third kappa shape index (κ3) is 4.88. The highest BCUT2D eigenvalue weighted by Gasteiger charge is 2.40. The van der Waals surface area contributed by atoms with Gasteiger partial charge in [-0.25, -0.2) is 4.90 Å². The SMILES string of the molecule is CCc1ccc(NC2=C(c3ccc(OCC(C)C)cc3)C(=O)N(c3ccc(C)cc3)C2=O)cc1. The van der Waals surface area contributed by atoms with Crippen molar-refractivity contribution in [2.24, 2.45) is 5.92 Å². The van der Waals surface area contributed by atoms with E-state index < -0.39 is 0 Å². The molecule has 1 aliphatic rings. The average molecular weight is 455 g/mol. The van der Waals surface area contributed by atoms with Crippen LogP contribution in [0.25, 0.3) is 5.57 Å². The molecule has 3 aromatic rings. The van der Waals surface area contributed by atoms with Crippen molar-refractivity contribution in [1.29, 1.82) is 0 Å². The van der Waals surface area contributed by atoms with Crippen LogP contribution in [-0.2, 0) is 16.0 Å². The molecule has 0 aromatic heterocycles. The summed E-state index contributed by atoms with van der Waals surface area (Å²) in [7, 11) is 0. The number of aryl methyl sites for hydroxylation is 2. The van der Waals surface area contributed by atoms with Crippen LogP contribution < -0.4 is 15.0 Å². The Morgan fingerprint density at radius 1 is 0.853 bits per heavy atom. The number of nitrogens with one attached hydrogen (secondary N) is 1. The molecule has 4 rings (SSSR count). The fourth-order valence-electron chi connectivity index (χ4n) is 3.79. The Kier molecular flexibility index (Phi) is 6.82. The Morgan fingerprint density at radius 2 is 1.50 bits per heavy atom. The van der Waals surface area contributed by atoms with Crippen LogP contribution in [0.15, 0.2) is 78.5 Å². The molecular formula is C29H30N2O3. The van der Waals surface area contributed by atoms with E-state index in [1.807, 2.05) is 67.6 Å². The molecule has 0 fully saturated rings. The van der Waals surface area contributed by atoms with Gasteiger partial charge in [-0.2, -0.15) is 0 Å². The number of benzene rings is 3. The molecule has 0 saturated heterocycles. The molecule has 0 atom stereocenters. The lowest BCUT2D eigenvalue weighted by Gasteiger charge is -2.15. The maximum absolute atomic E-state index is 13.6. The Labute approximate surface area is 201 Å². The molecule has 1 N–H and O–H groups in total. The first-order chi connectivity index (χ1) is 16.4. The van der Waals surface area contributed by atoms with Crippen LogP contribution in [0, 0.1) is 12.8 Å². The summed E-state index contributed by atoms with van der Waals surface area (Å²) in [4.78, 5) is 28.3. The molecular weight excluding hydrogens is 424 g/mol. The number of carbonyl (C=O) groups is 2. The van der Waals surface area contributed by atoms with E-state index in [0.29, 0.717) is 29.3 Å². The minimum atomic E-state index is -0.372. The molecule has 174 valence electrons. The lowest BCUT2D eigenvalue weighted by molar-refractivity contribution is -0.120. The van der Waals surface area contributed by atoms with Crippen LogP contribution in [0.4, 0.5) is 11.4 Å². The van der Waals surface area contributed by atoms with E-state index >= 15 is 0 Å². The van der Waals surface area contributed by atoms with Gasteiger partial charge in [0.15, 0.2) is 0 Å². The highest BCUT2D eigenvalue weighted by atomic mass is 16.5. The summed E-state index contributed by atoms with van der Waals surface area (Å²) in [5.74, 6) is 0.421. The zero-order valence-corrected chi connectivity index (χ0v) is 20.1. The number of carbonyl (C=O) groups excluding carboxylic acids is 2. The van der Waals surface area contributed by atoms with E-state index in [1.165, 1.54) is 10.5 Å². The van der Waals surface area contributed by atoms with Gasteiger partial charge in [0.05, 0.1) is 17.9 Å². The molecule has 0 aliphatic carbocycles. The zero-order valence-electron chi connectivity index (χ0n) is 20.1. The van der Waals surface area contributed by atoms with Crippen molar-refractivity contribution in [3.8, 4) is 5.75 Å². The fraction of sp³-hybridized carbons (Fsp3) is 0.241. The predicted octanol–water partition coefficient (Wildman–Crippen LogP) is 5.99. The summed E-state index contributed by atoms with van der Waals surface area (Å²) < 4.78 is 5.78. The second-order valence-electron chi connectivity index (χ2n) is 8.94. The van der Waals surface area contributed by atoms with Gasteiger partial charge in [0.1, 0.15) is 11.4 Å². The maximum Gasteiger partial charge on any atom is 0.282 e. The molecule has 1 aliphatic heterocycles. The minimum Gasteiger partial charge on any atom is -0.493 e. The van der Waals surface area contributed by atoms with Gasteiger partial charge in [0.25, 0.3) is 11.8 Å². The Hall–Kier alpha value is -3.86. The van der Waals surface area contributed by atoms with Crippen LogP contribution >= 0.6 is 0 Å². The number of imide groups is 1. The molecule has 34 heavy (non-hydrogen) atoms. The lowest BCUT2D eigenvalue weighted by atomic mass is 10.0. The molecule has 2 amide bonds. The topological polar surface area (TPSA) is 58.6 Å². The molecule has 5 heteroatoms. The Bertz CT molecular complexity index is 1210. The van der Waals surface area contributed by atoms with E-state index in [0.717, 1.165) is 23.4 Å². The highest BCUT2D eigenvalue weighted by molar-refractivity contribution is 6.46. The first-order valence-corrected chi connectivity index (χ1v) is 11.7. The molecule has 0 saturated carbocycles. The number of rotatable bonds is 8. The summed E-state index contributed by atoms with van der Waals surface area (Å²) in [6.45, 7) is 8.85. The molecule has 0 unspecified atom stereocenters. The van der Waals surface area contributed by atoms with E-state index in [9.17, 15) is 9.59 Å². The summed E-state index contributed by atoms with van der Waals surface area (Å²) in [5.41, 5.74) is 4.85. The van der Waals surface area contributed by atoms with Gasteiger partial charge < -0.3 is 10.1 Å². The van der Waals surface area contributed by atoms with E-state index in [1.54, 1.807) is 12.1 Å². The average Bonchev–Trinajstić information content (AvgIpc) is 3.08. The highest BCUT2D eigenvalue weighted by Crippen LogP contribution is 2.34. The van der Waals surface area contributed by atoms with Gasteiger partial charge in [-0.05, 0) is 66.8 Å². The molecule has 5 nitrogen and oxygen atoms in total. The number of hydrogen-bond acceptors (Lipinski definition) is 4. The molecule has 1 heterocycles. The van der Waals surface area contributed by atoms with Crippen LogP contribution in [0.1, 0.15) is 37.5 Å². The van der Waals surface area contributed by atoms with Gasteiger partial charge in [0, 0.05) is 5.69 Å². The first kappa shape index (κ1) is 23.3. The second kappa shape index (κ2) is 9.96. The quantitative estimate of drug-likeness (QED) is 0.425. The van der Waals surface area contributed by atoms with Gasteiger partial charge in [-0.3, -0.25) is 9.59 Å². The van der Waals surface area contributed by atoms with Crippen molar-refractivity contribution in [2.75, 3.05) is 16.8 Å². The largest absolute Gasteiger partial charge is 0.493 e. The van der Waals surface area contributed by atoms with Crippen LogP contribution in [0.3, 0.4) is 0 Å². The lowest BCUT2D eigenvalue weighted by Crippen LogP contribution is -2.32. The van der Waals surface area contributed by atoms with Crippen molar-refractivity contribution in [1.82, 2.24) is 0 Å². The monoisotopic (exact) mass is 454 g/mol. The number of amides is 2. The Balaban J connectivity index is 1.72. The van der Waals surface area contributed by atoms with Crippen molar-refractivity contribution < 1.29 is 14.3 Å². The molecule has 0 spiro atoms. The van der Waals surface area contributed by atoms with Gasteiger partial charge >= 0.3 is 0 Å². The van der Waals surface area contributed by atoms with Gasteiger partial charge in [0.2, 0.25) is 0 Å². The number of hydrogen-bond donors (Lipinski definition) is 1. The van der Waals surface area contributed by atoms with Crippen LogP contribution in [-0.4, -0.2) is 18.4 Å². The molecule has 0 bridgehead atoms. The van der Waals surface area contributed by atoms with E-state index in [-0.39, 0.29) is 17.5 Å². The first-order valence-electron chi connectivity index (χ1n) is 11.7. The second-order valence-corrected chi connectivity index (χ2v) is 8.94. The van der Waals surface area contributed by atoms with Crippen molar-refractivity contribution in [3.63, 3.8) is 0 Å².